The molecule has 2 N–H and O–H groups in total. The van der Waals surface area contributed by atoms with Crippen LogP contribution in [-0.2, 0) is 13.2 Å². The fraction of sp³-hybridized carbons (Fsp3) is 0.600. The van der Waals surface area contributed by atoms with Crippen LogP contribution in [0.3, 0.4) is 0 Å². The van der Waals surface area contributed by atoms with Gasteiger partial charge < -0.3 is 10.4 Å². The number of aliphatic hydroxyl groups is 1. The molecule has 1 aliphatic heterocycles. The van der Waals surface area contributed by atoms with E-state index in [0.717, 1.165) is 24.0 Å². The Morgan fingerprint density at radius 1 is 1.10 bits per heavy atom. The Hall–Kier alpha value is -1.11. The number of halogens is 3. The molecule has 1 fully saturated rings. The van der Waals surface area contributed by atoms with Gasteiger partial charge in [-0.3, -0.25) is 4.90 Å². The van der Waals surface area contributed by atoms with E-state index >= 15 is 0 Å². The van der Waals surface area contributed by atoms with E-state index in [-0.39, 0.29) is 12.6 Å². The Labute approximate surface area is 122 Å². The van der Waals surface area contributed by atoms with E-state index in [1.807, 2.05) is 24.3 Å². The summed E-state index contributed by atoms with van der Waals surface area (Å²) in [5, 5.41) is 12.4. The van der Waals surface area contributed by atoms with Gasteiger partial charge in [-0.15, -0.1) is 0 Å². The van der Waals surface area contributed by atoms with E-state index in [2.05, 4.69) is 5.32 Å². The maximum absolute atomic E-state index is 12.3. The van der Waals surface area contributed by atoms with Crippen LogP contribution in [0.1, 0.15) is 24.0 Å². The fourth-order valence-electron chi connectivity index (χ4n) is 2.57. The fourth-order valence-corrected chi connectivity index (χ4v) is 2.57. The second-order valence-corrected chi connectivity index (χ2v) is 5.52. The Morgan fingerprint density at radius 2 is 1.67 bits per heavy atom. The van der Waals surface area contributed by atoms with Crippen molar-refractivity contribution in [2.75, 3.05) is 19.6 Å². The first-order valence-electron chi connectivity index (χ1n) is 7.17. The molecule has 3 nitrogen and oxygen atoms in total. The van der Waals surface area contributed by atoms with Gasteiger partial charge in [-0.05, 0) is 37.1 Å². The number of benzene rings is 1. The number of alkyl halides is 3. The number of aliphatic hydroxyl groups excluding tert-OH is 1. The van der Waals surface area contributed by atoms with Crippen LogP contribution >= 0.6 is 0 Å². The highest BCUT2D eigenvalue weighted by molar-refractivity contribution is 5.21. The maximum atomic E-state index is 12.3. The smallest absolute Gasteiger partial charge is 0.392 e. The molecule has 2 rings (SSSR count). The third-order valence-electron chi connectivity index (χ3n) is 3.79. The van der Waals surface area contributed by atoms with E-state index in [4.69, 9.17) is 5.11 Å². The lowest BCUT2D eigenvalue weighted by Gasteiger charge is -2.32. The van der Waals surface area contributed by atoms with Gasteiger partial charge in [0.05, 0.1) is 13.2 Å². The summed E-state index contributed by atoms with van der Waals surface area (Å²) in [6.45, 7) is 0.907. The van der Waals surface area contributed by atoms with Gasteiger partial charge in [0.1, 0.15) is 0 Å². The highest BCUT2D eigenvalue weighted by Gasteiger charge is 2.32. The zero-order valence-corrected chi connectivity index (χ0v) is 11.9. The SMILES string of the molecule is OCc1ccc(CNC2CCN(CC(F)(F)F)CC2)cc1. The highest BCUT2D eigenvalue weighted by Crippen LogP contribution is 2.20. The molecule has 0 spiro atoms. The van der Waals surface area contributed by atoms with Crippen LogP contribution in [0.2, 0.25) is 0 Å². The summed E-state index contributed by atoms with van der Waals surface area (Å²) >= 11 is 0. The zero-order chi connectivity index (χ0) is 15.3. The van der Waals surface area contributed by atoms with Crippen LogP contribution in [-0.4, -0.2) is 41.9 Å². The van der Waals surface area contributed by atoms with Crippen LogP contribution in [0.4, 0.5) is 13.2 Å². The van der Waals surface area contributed by atoms with Gasteiger partial charge in [-0.2, -0.15) is 13.2 Å². The van der Waals surface area contributed by atoms with Crippen LogP contribution < -0.4 is 5.32 Å². The van der Waals surface area contributed by atoms with Gasteiger partial charge in [0.2, 0.25) is 0 Å². The predicted octanol–water partition coefficient (Wildman–Crippen LogP) is 2.30. The predicted molar refractivity (Wildman–Crippen MR) is 74.7 cm³/mol. The standard InChI is InChI=1S/C15H21F3N2O/c16-15(17,18)11-20-7-5-14(6-8-20)19-9-12-1-3-13(10-21)4-2-12/h1-4,14,19,21H,5-11H2. The summed E-state index contributed by atoms with van der Waals surface area (Å²) in [5.41, 5.74) is 1.99. The quantitative estimate of drug-likeness (QED) is 0.876. The molecule has 0 saturated carbocycles. The summed E-state index contributed by atoms with van der Waals surface area (Å²) < 4.78 is 36.9. The lowest BCUT2D eigenvalue weighted by molar-refractivity contribution is -0.148. The zero-order valence-electron chi connectivity index (χ0n) is 11.9. The molecule has 118 valence electrons. The maximum Gasteiger partial charge on any atom is 0.401 e. The minimum Gasteiger partial charge on any atom is -0.392 e. The Balaban J connectivity index is 1.71. The van der Waals surface area contributed by atoms with Crippen molar-refractivity contribution in [3.63, 3.8) is 0 Å². The van der Waals surface area contributed by atoms with Crippen molar-refractivity contribution in [1.29, 1.82) is 0 Å². The molecule has 1 saturated heterocycles. The molecular weight excluding hydrogens is 281 g/mol. The van der Waals surface area contributed by atoms with Crippen molar-refractivity contribution in [3.05, 3.63) is 35.4 Å². The highest BCUT2D eigenvalue weighted by atomic mass is 19.4. The van der Waals surface area contributed by atoms with Crippen molar-refractivity contribution < 1.29 is 18.3 Å². The van der Waals surface area contributed by atoms with Crippen molar-refractivity contribution in [2.45, 2.75) is 38.2 Å². The van der Waals surface area contributed by atoms with Gasteiger partial charge in [0.15, 0.2) is 0 Å². The second-order valence-electron chi connectivity index (χ2n) is 5.52. The first-order chi connectivity index (χ1) is 9.96. The molecule has 0 bridgehead atoms. The minimum atomic E-state index is -4.10. The van der Waals surface area contributed by atoms with E-state index < -0.39 is 12.7 Å². The van der Waals surface area contributed by atoms with Gasteiger partial charge in [-0.1, -0.05) is 24.3 Å². The number of nitrogens with zero attached hydrogens (tertiary/aromatic N) is 1. The summed E-state index contributed by atoms with van der Waals surface area (Å²) in [7, 11) is 0. The third-order valence-corrected chi connectivity index (χ3v) is 3.79. The van der Waals surface area contributed by atoms with Gasteiger partial charge in [-0.25, -0.2) is 0 Å². The molecule has 1 heterocycles. The number of hydrogen-bond donors (Lipinski definition) is 2. The molecule has 1 aromatic rings. The van der Waals surface area contributed by atoms with Crippen molar-refractivity contribution in [2.24, 2.45) is 0 Å². The van der Waals surface area contributed by atoms with E-state index in [9.17, 15) is 13.2 Å². The molecule has 0 atom stereocenters. The van der Waals surface area contributed by atoms with Crippen LogP contribution in [0.5, 0.6) is 0 Å². The normalized spacial score (nSPS) is 18.1. The largest absolute Gasteiger partial charge is 0.401 e. The molecule has 1 aromatic carbocycles. The Morgan fingerprint density at radius 3 is 2.19 bits per heavy atom. The van der Waals surface area contributed by atoms with Crippen molar-refractivity contribution >= 4 is 0 Å². The Kier molecular flexibility index (Phi) is 5.61. The number of nitrogens with one attached hydrogen (secondary N) is 1. The first-order valence-corrected chi connectivity index (χ1v) is 7.17. The number of likely N-dealkylation sites (tertiary alicyclic amines) is 1. The first kappa shape index (κ1) is 16.3. The molecule has 6 heteroatoms. The number of rotatable bonds is 5. The summed E-state index contributed by atoms with van der Waals surface area (Å²) in [4.78, 5) is 1.47. The van der Waals surface area contributed by atoms with Crippen LogP contribution in [0, 0.1) is 0 Å². The molecule has 0 unspecified atom stereocenters. The van der Waals surface area contributed by atoms with Crippen molar-refractivity contribution in [1.82, 2.24) is 10.2 Å². The van der Waals surface area contributed by atoms with Gasteiger partial charge in [0.25, 0.3) is 0 Å². The minimum absolute atomic E-state index is 0.0331. The number of hydrogen-bond acceptors (Lipinski definition) is 3. The molecular formula is C15H21F3N2O. The molecule has 0 radical (unpaired) electrons. The topological polar surface area (TPSA) is 35.5 Å². The summed E-state index contributed by atoms with van der Waals surface area (Å²) in [6, 6.07) is 7.94. The Bertz CT molecular complexity index is 426. The average molecular weight is 302 g/mol. The molecule has 0 aromatic heterocycles. The van der Waals surface area contributed by atoms with Crippen LogP contribution in [0.25, 0.3) is 0 Å². The van der Waals surface area contributed by atoms with Crippen LogP contribution in [0.15, 0.2) is 24.3 Å². The number of piperidine rings is 1. The van der Waals surface area contributed by atoms with Crippen molar-refractivity contribution in [3.8, 4) is 0 Å². The monoisotopic (exact) mass is 302 g/mol. The summed E-state index contributed by atoms with van der Waals surface area (Å²) in [6.07, 6.45) is -2.62. The average Bonchev–Trinajstić information content (AvgIpc) is 2.45. The summed E-state index contributed by atoms with van der Waals surface area (Å²) in [5.74, 6) is 0. The molecule has 21 heavy (non-hydrogen) atoms. The van der Waals surface area contributed by atoms with Gasteiger partial charge >= 0.3 is 6.18 Å². The van der Waals surface area contributed by atoms with Gasteiger partial charge in [0, 0.05) is 12.6 Å². The second kappa shape index (κ2) is 7.24. The third kappa shape index (κ3) is 5.65. The van der Waals surface area contributed by atoms with E-state index in [1.165, 1.54) is 4.90 Å². The molecule has 0 amide bonds. The lowest BCUT2D eigenvalue weighted by atomic mass is 10.0. The lowest BCUT2D eigenvalue weighted by Crippen LogP contribution is -2.45. The molecule has 0 aliphatic carbocycles. The van der Waals surface area contributed by atoms with E-state index in [0.29, 0.717) is 19.6 Å². The van der Waals surface area contributed by atoms with E-state index in [1.54, 1.807) is 0 Å². The molecule has 1 aliphatic rings.